The molecule has 0 spiro atoms. The largest absolute Gasteiger partial charge is 0.378 e. The minimum absolute atomic E-state index is 0.168. The monoisotopic (exact) mass is 445 g/mol. The number of nitrogens with zero attached hydrogens (tertiary/aromatic N) is 4. The van der Waals surface area contributed by atoms with Crippen molar-refractivity contribution in [3.05, 3.63) is 35.0 Å². The van der Waals surface area contributed by atoms with E-state index in [1.165, 1.54) is 22.9 Å². The van der Waals surface area contributed by atoms with Gasteiger partial charge in [0.1, 0.15) is 6.04 Å². The van der Waals surface area contributed by atoms with Gasteiger partial charge in [0.2, 0.25) is 5.91 Å². The van der Waals surface area contributed by atoms with E-state index in [0.29, 0.717) is 46.3 Å². The lowest BCUT2D eigenvalue weighted by Gasteiger charge is -2.29. The van der Waals surface area contributed by atoms with E-state index in [0.717, 1.165) is 18.8 Å². The Morgan fingerprint density at radius 2 is 2.17 bits per heavy atom. The molecule has 1 atom stereocenters. The number of morpholine rings is 1. The molecule has 10 heteroatoms. The maximum absolute atomic E-state index is 12.9. The minimum atomic E-state index is -0.448. The van der Waals surface area contributed by atoms with Crippen LogP contribution >= 0.6 is 23.4 Å². The molecule has 2 aliphatic rings. The molecular weight excluding hydrogens is 426 g/mol. The van der Waals surface area contributed by atoms with Crippen molar-refractivity contribution >= 4 is 51.8 Å². The number of fused-ring (bicyclic) bond motifs is 1. The molecular formula is C20H20ClN5O3S. The summed E-state index contributed by atoms with van der Waals surface area (Å²) in [5, 5.41) is 12.9. The van der Waals surface area contributed by atoms with Crippen LogP contribution in [0.2, 0.25) is 5.02 Å². The number of rotatable bonds is 4. The number of nitrogens with one attached hydrogen (secondary N) is 1. The Labute approximate surface area is 183 Å². The molecule has 1 aromatic carbocycles. The molecule has 2 saturated heterocycles. The maximum Gasteiger partial charge on any atom is 0.252 e. The van der Waals surface area contributed by atoms with Crippen molar-refractivity contribution in [2.24, 2.45) is 0 Å². The zero-order valence-electron chi connectivity index (χ0n) is 16.1. The molecule has 2 aliphatic heterocycles. The number of amides is 2. The first-order valence-electron chi connectivity index (χ1n) is 9.54. The topological polar surface area (TPSA) is 98.6 Å². The lowest BCUT2D eigenvalue weighted by molar-refractivity contribution is -0.129. The van der Waals surface area contributed by atoms with Gasteiger partial charge in [0.15, 0.2) is 0 Å². The quantitative estimate of drug-likeness (QED) is 0.767. The summed E-state index contributed by atoms with van der Waals surface area (Å²) in [4.78, 5) is 33.3. The molecule has 156 valence electrons. The van der Waals surface area contributed by atoms with Crippen LogP contribution in [0, 0.1) is 11.3 Å². The molecule has 0 aliphatic carbocycles. The summed E-state index contributed by atoms with van der Waals surface area (Å²) in [5.41, 5.74) is 1.84. The average molecular weight is 446 g/mol. The summed E-state index contributed by atoms with van der Waals surface area (Å²) in [7, 11) is 0. The number of carbonyl (C=O) groups is 2. The van der Waals surface area contributed by atoms with Crippen LogP contribution in [0.1, 0.15) is 10.4 Å². The average Bonchev–Trinajstić information content (AvgIpc) is 3.26. The highest BCUT2D eigenvalue weighted by molar-refractivity contribution is 7.99. The van der Waals surface area contributed by atoms with Gasteiger partial charge in [-0.15, -0.1) is 11.8 Å². The number of nitriles is 1. The summed E-state index contributed by atoms with van der Waals surface area (Å²) in [5.74, 6) is 0.397. The Balaban J connectivity index is 1.55. The maximum atomic E-state index is 12.9. The highest BCUT2D eigenvalue weighted by atomic mass is 35.5. The van der Waals surface area contributed by atoms with Gasteiger partial charge in [-0.3, -0.25) is 14.6 Å². The van der Waals surface area contributed by atoms with Crippen LogP contribution in [-0.2, 0) is 9.53 Å². The van der Waals surface area contributed by atoms with Crippen molar-refractivity contribution in [2.75, 3.05) is 49.4 Å². The predicted molar refractivity (Wildman–Crippen MR) is 116 cm³/mol. The first-order chi connectivity index (χ1) is 14.6. The number of anilines is 1. The van der Waals surface area contributed by atoms with Crippen LogP contribution < -0.4 is 10.2 Å². The summed E-state index contributed by atoms with van der Waals surface area (Å²) in [6.07, 6.45) is 1.53. The molecule has 0 radical (unpaired) electrons. The number of ether oxygens (including phenoxy) is 1. The Bertz CT molecular complexity index is 1020. The third-order valence-corrected chi connectivity index (χ3v) is 6.46. The van der Waals surface area contributed by atoms with E-state index >= 15 is 0 Å². The highest BCUT2D eigenvalue weighted by Gasteiger charge is 2.29. The smallest absolute Gasteiger partial charge is 0.252 e. The Morgan fingerprint density at radius 1 is 1.37 bits per heavy atom. The molecule has 1 aromatic heterocycles. The first kappa shape index (κ1) is 20.7. The van der Waals surface area contributed by atoms with Crippen LogP contribution in [0.3, 0.4) is 0 Å². The standard InChI is InChI=1S/C20H20ClN5O3S/c21-17-8-13(25-3-5-29-6-4-25)7-16-15(1-2-23-19(16)17)20(28)24-10-18(27)26-12-30-11-14(26)9-22/h1-2,7-8,14H,3-6,10-12H2,(H,24,28)/t14-/m1/s1. The number of thioether (sulfide) groups is 1. The molecule has 1 N–H and O–H groups in total. The van der Waals surface area contributed by atoms with Crippen molar-refractivity contribution in [2.45, 2.75) is 6.04 Å². The van der Waals surface area contributed by atoms with Crippen LogP contribution in [-0.4, -0.2) is 72.2 Å². The van der Waals surface area contributed by atoms with E-state index in [1.54, 1.807) is 6.07 Å². The zero-order chi connectivity index (χ0) is 21.1. The molecule has 0 unspecified atom stereocenters. The second kappa shape index (κ2) is 9.08. The van der Waals surface area contributed by atoms with Crippen LogP contribution in [0.4, 0.5) is 5.69 Å². The van der Waals surface area contributed by atoms with Gasteiger partial charge >= 0.3 is 0 Å². The van der Waals surface area contributed by atoms with Crippen LogP contribution in [0.15, 0.2) is 24.4 Å². The van der Waals surface area contributed by atoms with Crippen molar-refractivity contribution in [3.8, 4) is 6.07 Å². The highest BCUT2D eigenvalue weighted by Crippen LogP contribution is 2.31. The number of carbonyl (C=O) groups excluding carboxylic acids is 2. The molecule has 30 heavy (non-hydrogen) atoms. The molecule has 4 rings (SSSR count). The molecule has 2 amide bonds. The van der Waals surface area contributed by atoms with E-state index in [2.05, 4.69) is 21.3 Å². The summed E-state index contributed by atoms with van der Waals surface area (Å²) in [6, 6.07) is 7.03. The van der Waals surface area contributed by atoms with E-state index in [-0.39, 0.29) is 18.4 Å². The lowest BCUT2D eigenvalue weighted by Crippen LogP contribution is -2.42. The van der Waals surface area contributed by atoms with Crippen molar-refractivity contribution in [1.29, 1.82) is 5.26 Å². The van der Waals surface area contributed by atoms with E-state index in [1.807, 2.05) is 12.1 Å². The summed E-state index contributed by atoms with van der Waals surface area (Å²) < 4.78 is 5.40. The normalized spacial score (nSPS) is 19.0. The lowest BCUT2D eigenvalue weighted by atomic mass is 10.1. The Kier molecular flexibility index (Phi) is 6.27. The zero-order valence-corrected chi connectivity index (χ0v) is 17.7. The third kappa shape index (κ3) is 4.17. The van der Waals surface area contributed by atoms with Gasteiger partial charge in [-0.05, 0) is 18.2 Å². The van der Waals surface area contributed by atoms with E-state index < -0.39 is 6.04 Å². The van der Waals surface area contributed by atoms with Crippen LogP contribution in [0.25, 0.3) is 10.9 Å². The molecule has 8 nitrogen and oxygen atoms in total. The second-order valence-corrected chi connectivity index (χ2v) is 8.38. The van der Waals surface area contributed by atoms with Gasteiger partial charge in [-0.2, -0.15) is 5.26 Å². The predicted octanol–water partition coefficient (Wildman–Crippen LogP) is 1.88. The van der Waals surface area contributed by atoms with Crippen molar-refractivity contribution in [3.63, 3.8) is 0 Å². The first-order valence-corrected chi connectivity index (χ1v) is 11.1. The van der Waals surface area contributed by atoms with E-state index in [4.69, 9.17) is 21.6 Å². The van der Waals surface area contributed by atoms with Gasteiger partial charge in [0, 0.05) is 36.1 Å². The number of pyridine rings is 1. The Morgan fingerprint density at radius 3 is 2.93 bits per heavy atom. The Hall–Kier alpha value is -2.54. The number of benzene rings is 1. The SMILES string of the molecule is N#C[C@@H]1CSCN1C(=O)CNC(=O)c1ccnc2c(Cl)cc(N3CCOCC3)cc12. The number of halogens is 1. The summed E-state index contributed by atoms with van der Waals surface area (Å²) in [6.45, 7) is 2.59. The van der Waals surface area contributed by atoms with Gasteiger partial charge in [0.05, 0.1) is 47.8 Å². The number of hydrogen-bond acceptors (Lipinski definition) is 7. The summed E-state index contributed by atoms with van der Waals surface area (Å²) >= 11 is 7.98. The van der Waals surface area contributed by atoms with Gasteiger partial charge in [0.25, 0.3) is 5.91 Å². The fraction of sp³-hybridized carbons (Fsp3) is 0.400. The van der Waals surface area contributed by atoms with Gasteiger partial charge in [-0.25, -0.2) is 0 Å². The van der Waals surface area contributed by atoms with Crippen molar-refractivity contribution in [1.82, 2.24) is 15.2 Å². The number of aromatic nitrogens is 1. The van der Waals surface area contributed by atoms with Crippen LogP contribution in [0.5, 0.6) is 0 Å². The fourth-order valence-corrected chi connectivity index (χ4v) is 4.91. The molecule has 3 heterocycles. The van der Waals surface area contributed by atoms with E-state index in [9.17, 15) is 9.59 Å². The second-order valence-electron chi connectivity index (χ2n) is 6.97. The fourth-order valence-electron chi connectivity index (χ4n) is 3.55. The molecule has 2 aromatic rings. The van der Waals surface area contributed by atoms with Gasteiger partial charge in [-0.1, -0.05) is 11.6 Å². The molecule has 2 fully saturated rings. The molecule has 0 bridgehead atoms. The minimum Gasteiger partial charge on any atom is -0.378 e. The third-order valence-electron chi connectivity index (χ3n) is 5.16. The molecule has 0 saturated carbocycles. The van der Waals surface area contributed by atoms with Crippen molar-refractivity contribution < 1.29 is 14.3 Å². The van der Waals surface area contributed by atoms with Gasteiger partial charge < -0.3 is 19.9 Å². The number of hydrogen-bond donors (Lipinski definition) is 1.